The smallest absolute Gasteiger partial charge is 0.166 e. The normalized spacial score (nSPS) is 10.8. The third-order valence-electron chi connectivity index (χ3n) is 3.02. The highest BCUT2D eigenvalue weighted by molar-refractivity contribution is 5.96. The van der Waals surface area contributed by atoms with Gasteiger partial charge in [0, 0.05) is 17.5 Å². The number of allylic oxidation sites excluding steroid dienone is 1. The molecule has 0 atom stereocenters. The van der Waals surface area contributed by atoms with Crippen LogP contribution in [0.2, 0.25) is 0 Å². The van der Waals surface area contributed by atoms with Crippen LogP contribution >= 0.6 is 0 Å². The van der Waals surface area contributed by atoms with Gasteiger partial charge in [0.05, 0.1) is 6.61 Å². The number of benzene rings is 2. The lowest BCUT2D eigenvalue weighted by Gasteiger charge is -2.08. The molecular formula is C18H17FO2. The van der Waals surface area contributed by atoms with Crippen molar-refractivity contribution >= 4 is 11.9 Å². The van der Waals surface area contributed by atoms with Crippen molar-refractivity contribution in [3.63, 3.8) is 0 Å². The lowest BCUT2D eigenvalue weighted by Crippen LogP contribution is -2.07. The Morgan fingerprint density at radius 2 is 1.86 bits per heavy atom. The van der Waals surface area contributed by atoms with Crippen molar-refractivity contribution in [2.45, 2.75) is 13.3 Å². The summed E-state index contributed by atoms with van der Waals surface area (Å²) in [5, 5.41) is 0. The van der Waals surface area contributed by atoms with Gasteiger partial charge in [0.1, 0.15) is 11.6 Å². The molecule has 0 amide bonds. The zero-order valence-corrected chi connectivity index (χ0v) is 11.9. The number of ether oxygens (including phenoxy) is 1. The van der Waals surface area contributed by atoms with Crippen molar-refractivity contribution in [1.29, 1.82) is 0 Å². The fourth-order valence-corrected chi connectivity index (χ4v) is 1.96. The molecule has 108 valence electrons. The number of ketones is 1. The minimum atomic E-state index is -0.344. The molecule has 0 radical (unpaired) electrons. The molecule has 0 fully saturated rings. The molecule has 2 rings (SSSR count). The summed E-state index contributed by atoms with van der Waals surface area (Å²) in [5.74, 6) is 0.351. The van der Waals surface area contributed by atoms with E-state index in [4.69, 9.17) is 4.74 Å². The standard InChI is InChI=1S/C18H17FO2/c1-2-5-15-6-3-4-7-18(15)21-13-12-17(20)14-8-10-16(19)11-9-14/h2-11H,12-13H2,1H3. The SMILES string of the molecule is CC=Cc1ccccc1OCCC(=O)c1ccc(F)cc1. The highest BCUT2D eigenvalue weighted by Crippen LogP contribution is 2.19. The van der Waals surface area contributed by atoms with E-state index in [1.54, 1.807) is 0 Å². The van der Waals surface area contributed by atoms with Crippen molar-refractivity contribution in [3.8, 4) is 5.75 Å². The highest BCUT2D eigenvalue weighted by Gasteiger charge is 2.07. The Labute approximate surface area is 123 Å². The van der Waals surface area contributed by atoms with Crippen molar-refractivity contribution in [2.75, 3.05) is 6.61 Å². The van der Waals surface area contributed by atoms with E-state index >= 15 is 0 Å². The lowest BCUT2D eigenvalue weighted by atomic mass is 10.1. The number of halogens is 1. The first-order valence-corrected chi connectivity index (χ1v) is 6.84. The molecule has 0 aliphatic heterocycles. The van der Waals surface area contributed by atoms with Gasteiger partial charge in [0.2, 0.25) is 0 Å². The molecule has 0 spiro atoms. The fraction of sp³-hybridized carbons (Fsp3) is 0.167. The summed E-state index contributed by atoms with van der Waals surface area (Å²) in [6, 6.07) is 13.2. The molecule has 0 bridgehead atoms. The molecule has 2 nitrogen and oxygen atoms in total. The van der Waals surface area contributed by atoms with Gasteiger partial charge in [-0.05, 0) is 37.3 Å². The molecule has 0 aliphatic rings. The van der Waals surface area contributed by atoms with Gasteiger partial charge in [0.25, 0.3) is 0 Å². The summed E-state index contributed by atoms with van der Waals surface area (Å²) in [7, 11) is 0. The van der Waals surface area contributed by atoms with E-state index in [2.05, 4.69) is 0 Å². The Morgan fingerprint density at radius 1 is 1.14 bits per heavy atom. The Kier molecular flexibility index (Phi) is 5.27. The van der Waals surface area contributed by atoms with E-state index in [0.29, 0.717) is 12.2 Å². The van der Waals surface area contributed by atoms with Gasteiger partial charge >= 0.3 is 0 Å². The fourth-order valence-electron chi connectivity index (χ4n) is 1.96. The van der Waals surface area contributed by atoms with E-state index < -0.39 is 0 Å². The zero-order valence-electron chi connectivity index (χ0n) is 11.9. The van der Waals surface area contributed by atoms with Crippen molar-refractivity contribution < 1.29 is 13.9 Å². The molecule has 0 saturated carbocycles. The van der Waals surface area contributed by atoms with Crippen LogP contribution in [0, 0.1) is 5.82 Å². The number of carbonyl (C=O) groups excluding carboxylic acids is 1. The molecule has 0 N–H and O–H groups in total. The number of carbonyl (C=O) groups is 1. The molecule has 0 saturated heterocycles. The molecule has 0 aliphatic carbocycles. The lowest BCUT2D eigenvalue weighted by molar-refractivity contribution is 0.0962. The number of hydrogen-bond donors (Lipinski definition) is 0. The quantitative estimate of drug-likeness (QED) is 0.729. The van der Waals surface area contributed by atoms with Gasteiger partial charge in [0.15, 0.2) is 5.78 Å². The summed E-state index contributed by atoms with van der Waals surface area (Å²) >= 11 is 0. The maximum Gasteiger partial charge on any atom is 0.166 e. The van der Waals surface area contributed by atoms with Crippen molar-refractivity contribution in [1.82, 2.24) is 0 Å². The van der Waals surface area contributed by atoms with Crippen LogP contribution in [0.3, 0.4) is 0 Å². The number of hydrogen-bond acceptors (Lipinski definition) is 2. The first-order valence-electron chi connectivity index (χ1n) is 6.84. The van der Waals surface area contributed by atoms with Crippen molar-refractivity contribution in [2.24, 2.45) is 0 Å². The van der Waals surface area contributed by atoms with Crippen LogP contribution in [0.1, 0.15) is 29.3 Å². The molecule has 2 aromatic carbocycles. The number of rotatable bonds is 6. The van der Waals surface area contributed by atoms with Gasteiger partial charge in [-0.25, -0.2) is 4.39 Å². The second-order valence-electron chi connectivity index (χ2n) is 4.57. The topological polar surface area (TPSA) is 26.3 Å². The zero-order chi connectivity index (χ0) is 15.1. The summed E-state index contributed by atoms with van der Waals surface area (Å²) in [5.41, 5.74) is 1.48. The Balaban J connectivity index is 1.92. The Morgan fingerprint density at radius 3 is 2.57 bits per heavy atom. The monoisotopic (exact) mass is 284 g/mol. The minimum Gasteiger partial charge on any atom is -0.492 e. The van der Waals surface area contributed by atoms with E-state index in [9.17, 15) is 9.18 Å². The molecule has 21 heavy (non-hydrogen) atoms. The predicted molar refractivity (Wildman–Crippen MR) is 82.0 cm³/mol. The van der Waals surface area contributed by atoms with Gasteiger partial charge < -0.3 is 4.74 Å². The maximum absolute atomic E-state index is 12.8. The average molecular weight is 284 g/mol. The molecule has 0 aromatic heterocycles. The largest absolute Gasteiger partial charge is 0.492 e. The minimum absolute atomic E-state index is 0.0569. The Hall–Kier alpha value is -2.42. The summed E-state index contributed by atoms with van der Waals surface area (Å²) < 4.78 is 18.5. The second kappa shape index (κ2) is 7.39. The van der Waals surface area contributed by atoms with Crippen molar-refractivity contribution in [3.05, 3.63) is 71.6 Å². The number of Topliss-reactive ketones (excluding diaryl/α,β-unsaturated/α-hetero) is 1. The first-order chi connectivity index (χ1) is 10.2. The first kappa shape index (κ1) is 15.0. The van der Waals surface area contributed by atoms with Crippen LogP contribution in [0.4, 0.5) is 4.39 Å². The molecule has 0 unspecified atom stereocenters. The Bertz CT molecular complexity index is 630. The van der Waals surface area contributed by atoms with Crippen LogP contribution < -0.4 is 4.74 Å². The average Bonchev–Trinajstić information content (AvgIpc) is 2.50. The van der Waals surface area contributed by atoms with Crippen LogP contribution in [0.5, 0.6) is 5.75 Å². The highest BCUT2D eigenvalue weighted by atomic mass is 19.1. The van der Waals surface area contributed by atoms with Gasteiger partial charge in [-0.15, -0.1) is 0 Å². The van der Waals surface area contributed by atoms with Gasteiger partial charge in [-0.2, -0.15) is 0 Å². The van der Waals surface area contributed by atoms with Crippen LogP contribution in [-0.4, -0.2) is 12.4 Å². The predicted octanol–water partition coefficient (Wildman–Crippen LogP) is 4.51. The summed E-state index contributed by atoms with van der Waals surface area (Å²) in [4.78, 5) is 11.9. The van der Waals surface area contributed by atoms with E-state index in [1.807, 2.05) is 43.3 Å². The van der Waals surface area contributed by atoms with E-state index in [-0.39, 0.29) is 18.0 Å². The number of para-hydroxylation sites is 1. The molecular weight excluding hydrogens is 267 g/mol. The van der Waals surface area contributed by atoms with Gasteiger partial charge in [-0.1, -0.05) is 30.4 Å². The third kappa shape index (κ3) is 4.28. The second-order valence-corrected chi connectivity index (χ2v) is 4.57. The molecule has 0 heterocycles. The summed E-state index contributed by atoms with van der Waals surface area (Å²) in [6.07, 6.45) is 4.15. The van der Waals surface area contributed by atoms with Gasteiger partial charge in [-0.3, -0.25) is 4.79 Å². The van der Waals surface area contributed by atoms with E-state index in [1.165, 1.54) is 24.3 Å². The summed E-state index contributed by atoms with van der Waals surface area (Å²) in [6.45, 7) is 2.24. The van der Waals surface area contributed by atoms with Crippen LogP contribution in [0.25, 0.3) is 6.08 Å². The maximum atomic E-state index is 12.8. The molecule has 2 aromatic rings. The third-order valence-corrected chi connectivity index (χ3v) is 3.02. The van der Waals surface area contributed by atoms with Crippen LogP contribution in [0.15, 0.2) is 54.6 Å². The molecule has 3 heteroatoms. The van der Waals surface area contributed by atoms with E-state index in [0.717, 1.165) is 11.3 Å². The van der Waals surface area contributed by atoms with Crippen LogP contribution in [-0.2, 0) is 0 Å².